The van der Waals surface area contributed by atoms with Crippen LogP contribution in [-0.2, 0) is 12.3 Å². The van der Waals surface area contributed by atoms with Crippen LogP contribution in [0.15, 0.2) is 48.3 Å². The first-order valence-electron chi connectivity index (χ1n) is 7.13. The minimum Gasteiger partial charge on any atom is -0.496 e. The third kappa shape index (κ3) is 3.63. The maximum absolute atomic E-state index is 5.88. The summed E-state index contributed by atoms with van der Waals surface area (Å²) >= 11 is 8.94. The quantitative estimate of drug-likeness (QED) is 0.446. The summed E-state index contributed by atoms with van der Waals surface area (Å²) < 4.78 is 8.01. The van der Waals surface area contributed by atoms with Crippen LogP contribution in [0.3, 0.4) is 0 Å². The highest BCUT2D eigenvalue weighted by atomic mass is 35.5. The fraction of sp³-hybridized carbons (Fsp3) is 0.188. The van der Waals surface area contributed by atoms with Crippen LogP contribution in [0.4, 0.5) is 0 Å². The predicted octanol–water partition coefficient (Wildman–Crippen LogP) is 4.54. The lowest BCUT2D eigenvalue weighted by molar-refractivity contribution is 0.416. The number of hydrogen-bond acceptors (Lipinski definition) is 6. The third-order valence-electron chi connectivity index (χ3n) is 3.25. The first kappa shape index (κ1) is 17.0. The molecule has 3 rings (SSSR count). The van der Waals surface area contributed by atoms with E-state index in [9.17, 15) is 0 Å². The number of halogens is 1. The molecule has 0 saturated heterocycles. The van der Waals surface area contributed by atoms with E-state index >= 15 is 0 Å². The first-order chi connectivity index (χ1) is 11.7. The standard InChI is InChI=1S/C16H15ClN4OS2/c1-3-8-21-14(12-6-4-5-7-13(12)22-2)19-20-16(21)23-10-11-9-18-15(17)24-11/h3-7,9H,1,8,10H2,2H3. The molecule has 0 aliphatic rings. The number of para-hydroxylation sites is 1. The smallest absolute Gasteiger partial charge is 0.192 e. The topological polar surface area (TPSA) is 52.8 Å². The summed E-state index contributed by atoms with van der Waals surface area (Å²) in [5.41, 5.74) is 0.905. The fourth-order valence-electron chi connectivity index (χ4n) is 2.20. The van der Waals surface area contributed by atoms with Gasteiger partial charge in [-0.1, -0.05) is 41.6 Å². The molecule has 0 aliphatic heterocycles. The van der Waals surface area contributed by atoms with Crippen LogP contribution in [0.25, 0.3) is 11.4 Å². The number of hydrogen-bond donors (Lipinski definition) is 0. The number of thioether (sulfide) groups is 1. The van der Waals surface area contributed by atoms with Gasteiger partial charge in [-0.3, -0.25) is 4.57 Å². The van der Waals surface area contributed by atoms with E-state index in [4.69, 9.17) is 16.3 Å². The molecule has 124 valence electrons. The molecule has 5 nitrogen and oxygen atoms in total. The molecule has 0 fully saturated rings. The maximum Gasteiger partial charge on any atom is 0.192 e. The Morgan fingerprint density at radius 1 is 1.38 bits per heavy atom. The lowest BCUT2D eigenvalue weighted by atomic mass is 10.2. The second-order valence-corrected chi connectivity index (χ2v) is 7.41. The molecule has 8 heteroatoms. The van der Waals surface area contributed by atoms with E-state index in [2.05, 4.69) is 21.8 Å². The molecule has 0 spiro atoms. The van der Waals surface area contributed by atoms with Crippen LogP contribution in [0.2, 0.25) is 4.47 Å². The van der Waals surface area contributed by atoms with E-state index in [-0.39, 0.29) is 0 Å². The highest BCUT2D eigenvalue weighted by molar-refractivity contribution is 7.98. The number of allylic oxidation sites excluding steroid dienone is 1. The zero-order valence-electron chi connectivity index (χ0n) is 13.0. The highest BCUT2D eigenvalue weighted by Gasteiger charge is 2.17. The van der Waals surface area contributed by atoms with Crippen LogP contribution in [-0.4, -0.2) is 26.9 Å². The number of ether oxygens (including phenoxy) is 1. The SMILES string of the molecule is C=CCn1c(SCc2cnc(Cl)s2)nnc1-c1ccccc1OC. The Bertz CT molecular complexity index is 846. The Hall–Kier alpha value is -1.83. The van der Waals surface area contributed by atoms with Crippen LogP contribution in [0.1, 0.15) is 4.88 Å². The van der Waals surface area contributed by atoms with Crippen molar-refractivity contribution >= 4 is 34.7 Å². The summed E-state index contributed by atoms with van der Waals surface area (Å²) in [4.78, 5) is 5.15. The average Bonchev–Trinajstić information content (AvgIpc) is 3.19. The molecule has 0 saturated carbocycles. The van der Waals surface area contributed by atoms with Crippen molar-refractivity contribution in [2.75, 3.05) is 7.11 Å². The second-order valence-electron chi connectivity index (χ2n) is 4.77. The number of thiazole rings is 1. The van der Waals surface area contributed by atoms with Gasteiger partial charge in [0.25, 0.3) is 0 Å². The minimum atomic E-state index is 0.549. The van der Waals surface area contributed by atoms with Gasteiger partial charge in [-0.05, 0) is 12.1 Å². The van der Waals surface area contributed by atoms with Crippen molar-refractivity contribution in [2.45, 2.75) is 17.5 Å². The Morgan fingerprint density at radius 2 is 2.21 bits per heavy atom. The number of benzene rings is 1. The van der Waals surface area contributed by atoms with Gasteiger partial charge >= 0.3 is 0 Å². The largest absolute Gasteiger partial charge is 0.496 e. The molecule has 0 bridgehead atoms. The predicted molar refractivity (Wildman–Crippen MR) is 98.9 cm³/mol. The van der Waals surface area contributed by atoms with Gasteiger partial charge in [-0.15, -0.1) is 28.1 Å². The van der Waals surface area contributed by atoms with Gasteiger partial charge in [0.1, 0.15) is 5.75 Å². The van der Waals surface area contributed by atoms with Crippen molar-refractivity contribution in [1.82, 2.24) is 19.7 Å². The lowest BCUT2D eigenvalue weighted by Crippen LogP contribution is -2.01. The monoisotopic (exact) mass is 378 g/mol. The molecular weight excluding hydrogens is 364 g/mol. The summed E-state index contributed by atoms with van der Waals surface area (Å²) in [6, 6.07) is 7.77. The van der Waals surface area contributed by atoms with E-state index in [0.717, 1.165) is 32.9 Å². The van der Waals surface area contributed by atoms with Gasteiger partial charge in [-0.25, -0.2) is 4.98 Å². The van der Waals surface area contributed by atoms with Gasteiger partial charge in [0.15, 0.2) is 15.4 Å². The first-order valence-corrected chi connectivity index (χ1v) is 9.31. The average molecular weight is 379 g/mol. The molecule has 0 N–H and O–H groups in total. The van der Waals surface area contributed by atoms with Crippen LogP contribution < -0.4 is 4.74 Å². The number of nitrogens with zero attached hydrogens (tertiary/aromatic N) is 4. The van der Waals surface area contributed by atoms with E-state index in [1.807, 2.05) is 34.9 Å². The summed E-state index contributed by atoms with van der Waals surface area (Å²) in [6.07, 6.45) is 3.62. The number of aromatic nitrogens is 4. The van der Waals surface area contributed by atoms with Crippen molar-refractivity contribution in [1.29, 1.82) is 0 Å². The molecule has 0 amide bonds. The Kier molecular flexibility index (Phi) is 5.55. The molecule has 2 aromatic heterocycles. The number of methoxy groups -OCH3 is 1. The Balaban J connectivity index is 1.91. The van der Waals surface area contributed by atoms with Crippen LogP contribution >= 0.6 is 34.7 Å². The van der Waals surface area contributed by atoms with Crippen LogP contribution in [0.5, 0.6) is 5.75 Å². The van der Waals surface area contributed by atoms with Gasteiger partial charge in [0, 0.05) is 23.4 Å². The Labute approximate surface area is 153 Å². The summed E-state index contributed by atoms with van der Waals surface area (Å²) in [5.74, 6) is 2.27. The molecule has 0 radical (unpaired) electrons. The summed E-state index contributed by atoms with van der Waals surface area (Å²) in [6.45, 7) is 4.45. The minimum absolute atomic E-state index is 0.549. The van der Waals surface area contributed by atoms with E-state index in [1.165, 1.54) is 11.3 Å². The Morgan fingerprint density at radius 3 is 2.92 bits per heavy atom. The van der Waals surface area contributed by atoms with Crippen molar-refractivity contribution in [3.8, 4) is 17.1 Å². The molecule has 24 heavy (non-hydrogen) atoms. The van der Waals surface area contributed by atoms with Gasteiger partial charge < -0.3 is 4.74 Å². The van der Waals surface area contributed by atoms with Gasteiger partial charge in [0.05, 0.1) is 12.7 Å². The normalized spacial score (nSPS) is 10.8. The van der Waals surface area contributed by atoms with E-state index in [0.29, 0.717) is 11.0 Å². The van der Waals surface area contributed by atoms with E-state index < -0.39 is 0 Å². The summed E-state index contributed by atoms with van der Waals surface area (Å²) in [5, 5.41) is 9.51. The lowest BCUT2D eigenvalue weighted by Gasteiger charge is -2.10. The molecule has 0 atom stereocenters. The molecule has 0 unspecified atom stereocenters. The zero-order chi connectivity index (χ0) is 16.9. The molecule has 2 heterocycles. The van der Waals surface area contributed by atoms with Crippen molar-refractivity contribution in [2.24, 2.45) is 0 Å². The fourth-order valence-corrected chi connectivity index (χ4v) is 4.15. The zero-order valence-corrected chi connectivity index (χ0v) is 15.4. The van der Waals surface area contributed by atoms with Crippen molar-refractivity contribution < 1.29 is 4.74 Å². The molecule has 0 aliphatic carbocycles. The maximum atomic E-state index is 5.88. The highest BCUT2D eigenvalue weighted by Crippen LogP contribution is 2.32. The molecular formula is C16H15ClN4OS2. The molecule has 1 aromatic carbocycles. The van der Waals surface area contributed by atoms with Crippen LogP contribution in [0, 0.1) is 0 Å². The third-order valence-corrected chi connectivity index (χ3v) is 5.56. The van der Waals surface area contributed by atoms with Gasteiger partial charge in [0.2, 0.25) is 0 Å². The van der Waals surface area contributed by atoms with E-state index in [1.54, 1.807) is 25.1 Å². The summed E-state index contributed by atoms with van der Waals surface area (Å²) in [7, 11) is 1.65. The van der Waals surface area contributed by atoms with Gasteiger partial charge in [-0.2, -0.15) is 0 Å². The molecule has 3 aromatic rings. The number of rotatable bonds is 7. The van der Waals surface area contributed by atoms with Crippen molar-refractivity contribution in [3.63, 3.8) is 0 Å². The second kappa shape index (κ2) is 7.83. The van der Waals surface area contributed by atoms with Crippen molar-refractivity contribution in [3.05, 3.63) is 52.5 Å².